The van der Waals surface area contributed by atoms with Crippen LogP contribution in [0.3, 0.4) is 0 Å². The van der Waals surface area contributed by atoms with Gasteiger partial charge in [-0.3, -0.25) is 0 Å². The number of anilines is 3. The highest BCUT2D eigenvalue weighted by Gasteiger charge is 2.51. The normalized spacial score (nSPS) is 25.5. The third-order valence-electron chi connectivity index (χ3n) is 19.2. The number of aromatic nitrogens is 1. The average Bonchev–Trinajstić information content (AvgIpc) is 4.17. The SMILES string of the molecule is CC1(C)c2cc(N(c3ccc(C4CC5CCC4C5)cc3)c3ccc(C45CC6CC(CC(C6)C4)C5)cc3)ccc2-c2c(-c3ccccc3)cc3c4cc(-c5ccccc5)ccc4n(-c4ccccc4)c3c21. The fourth-order valence-corrected chi connectivity index (χ4v) is 16.5. The van der Waals surface area contributed by atoms with Gasteiger partial charge in [0.25, 0.3) is 0 Å². The first-order valence-electron chi connectivity index (χ1n) is 26.8. The summed E-state index contributed by atoms with van der Waals surface area (Å²) in [5.41, 5.74) is 21.1. The second kappa shape index (κ2) is 15.4. The van der Waals surface area contributed by atoms with Gasteiger partial charge < -0.3 is 9.47 Å². The summed E-state index contributed by atoms with van der Waals surface area (Å²) in [7, 11) is 0. The zero-order valence-electron chi connectivity index (χ0n) is 40.8. The fraction of sp³-hybridized carbons (Fsp3) is 0.294. The lowest BCUT2D eigenvalue weighted by atomic mass is 9.48. The molecule has 9 aromatic rings. The molecule has 6 fully saturated rings. The Labute approximate surface area is 414 Å². The van der Waals surface area contributed by atoms with Gasteiger partial charge in [0, 0.05) is 38.9 Å². The maximum atomic E-state index is 2.58. The highest BCUT2D eigenvalue weighted by Crippen LogP contribution is 2.62. The summed E-state index contributed by atoms with van der Waals surface area (Å²) in [4.78, 5) is 2.58. The van der Waals surface area contributed by atoms with Gasteiger partial charge in [-0.1, -0.05) is 136 Å². The first kappa shape index (κ1) is 41.2. The number of fused-ring (bicyclic) bond motifs is 9. The Hall–Kier alpha value is -6.64. The summed E-state index contributed by atoms with van der Waals surface area (Å²) >= 11 is 0. The molecule has 6 bridgehead atoms. The topological polar surface area (TPSA) is 8.17 Å². The van der Waals surface area contributed by atoms with Crippen molar-refractivity contribution in [3.8, 4) is 39.1 Å². The van der Waals surface area contributed by atoms with Gasteiger partial charge in [0.05, 0.1) is 11.0 Å². The summed E-state index contributed by atoms with van der Waals surface area (Å²) < 4.78 is 2.57. The highest BCUT2D eigenvalue weighted by molar-refractivity contribution is 6.17. The van der Waals surface area contributed by atoms with Crippen molar-refractivity contribution >= 4 is 38.9 Å². The van der Waals surface area contributed by atoms with Crippen molar-refractivity contribution in [1.29, 1.82) is 0 Å². The molecule has 0 saturated heterocycles. The number of hydrogen-bond donors (Lipinski definition) is 0. The third-order valence-corrected chi connectivity index (χ3v) is 19.2. The van der Waals surface area contributed by atoms with Gasteiger partial charge in [-0.25, -0.2) is 0 Å². The summed E-state index contributed by atoms with van der Waals surface area (Å²) in [6, 6.07) is 70.1. The third kappa shape index (κ3) is 6.23. The molecular formula is C68H62N2. The van der Waals surface area contributed by atoms with Crippen LogP contribution in [0.25, 0.3) is 60.9 Å². The Morgan fingerprint density at radius 1 is 0.486 bits per heavy atom. The smallest absolute Gasteiger partial charge is 0.0588 e. The molecular weight excluding hydrogens is 845 g/mol. The van der Waals surface area contributed by atoms with Gasteiger partial charge in [0.15, 0.2) is 0 Å². The molecule has 0 N–H and O–H groups in total. The van der Waals surface area contributed by atoms with Crippen molar-refractivity contribution in [3.63, 3.8) is 0 Å². The van der Waals surface area contributed by atoms with Crippen molar-refractivity contribution < 1.29 is 0 Å². The van der Waals surface area contributed by atoms with E-state index in [-0.39, 0.29) is 5.41 Å². The van der Waals surface area contributed by atoms with Gasteiger partial charge >= 0.3 is 0 Å². The van der Waals surface area contributed by atoms with Crippen molar-refractivity contribution in [2.45, 2.75) is 94.8 Å². The molecule has 1 heterocycles. The molecule has 0 amide bonds. The Bertz CT molecular complexity index is 3450. The summed E-state index contributed by atoms with van der Waals surface area (Å²) in [6.45, 7) is 4.99. The van der Waals surface area contributed by atoms with Crippen LogP contribution >= 0.6 is 0 Å². The molecule has 70 heavy (non-hydrogen) atoms. The minimum absolute atomic E-state index is 0.327. The lowest BCUT2D eigenvalue weighted by Gasteiger charge is -2.57. The zero-order chi connectivity index (χ0) is 46.3. The second-order valence-corrected chi connectivity index (χ2v) is 23.5. The quantitative estimate of drug-likeness (QED) is 0.147. The Morgan fingerprint density at radius 2 is 1.11 bits per heavy atom. The lowest BCUT2D eigenvalue weighted by molar-refractivity contribution is -0.00518. The van der Waals surface area contributed by atoms with E-state index >= 15 is 0 Å². The molecule has 7 aliphatic carbocycles. The number of hydrogen-bond acceptors (Lipinski definition) is 1. The molecule has 1 aromatic heterocycles. The van der Waals surface area contributed by atoms with E-state index in [0.29, 0.717) is 11.3 Å². The van der Waals surface area contributed by atoms with Crippen LogP contribution in [0.5, 0.6) is 0 Å². The van der Waals surface area contributed by atoms with Gasteiger partial charge in [-0.15, -0.1) is 0 Å². The molecule has 7 aliphatic rings. The Balaban J connectivity index is 0.917. The largest absolute Gasteiger partial charge is 0.310 e. The molecule has 8 aromatic carbocycles. The molecule has 16 rings (SSSR count). The maximum absolute atomic E-state index is 2.58. The number of rotatable bonds is 8. The average molecular weight is 907 g/mol. The minimum Gasteiger partial charge on any atom is -0.310 e. The first-order chi connectivity index (χ1) is 34.3. The lowest BCUT2D eigenvalue weighted by Crippen LogP contribution is -2.48. The van der Waals surface area contributed by atoms with E-state index in [9.17, 15) is 0 Å². The summed E-state index contributed by atoms with van der Waals surface area (Å²) in [6.07, 6.45) is 14.3. The first-order valence-corrected chi connectivity index (χ1v) is 26.8. The maximum Gasteiger partial charge on any atom is 0.0588 e. The van der Waals surface area contributed by atoms with E-state index in [0.717, 1.165) is 29.6 Å². The van der Waals surface area contributed by atoms with E-state index < -0.39 is 0 Å². The predicted octanol–water partition coefficient (Wildman–Crippen LogP) is 18.3. The standard InChI is InChI=1S/C68H62N2/c1-67(2)62-38-56(69(54-25-20-49(21-26-54)58-36-43-18-19-51(58)35-43)55-27-23-52(24-28-55)68-40-44-32-45(41-68)34-46(33-44)42-68)29-30-57(62)64-59(48-14-8-4-9-15-48)39-61-60-37-50(47-12-6-3-7-13-47)22-31-63(60)70(66(61)65(64)67)53-16-10-5-11-17-53/h3-17,20-31,37-39,43-46,51,58H,18-19,32-36,40-42H2,1-2H3. The minimum atomic E-state index is -0.327. The molecule has 0 aliphatic heterocycles. The van der Waals surface area contributed by atoms with Crippen molar-refractivity contribution in [2.75, 3.05) is 4.90 Å². The van der Waals surface area contributed by atoms with Crippen LogP contribution in [0.1, 0.15) is 106 Å². The van der Waals surface area contributed by atoms with Crippen LogP contribution in [-0.2, 0) is 10.8 Å². The van der Waals surface area contributed by atoms with E-state index in [4.69, 9.17) is 0 Å². The van der Waals surface area contributed by atoms with Gasteiger partial charge in [-0.05, 0) is 221 Å². The Kier molecular flexibility index (Phi) is 9.07. The van der Waals surface area contributed by atoms with E-state index in [1.165, 1.54) is 153 Å². The van der Waals surface area contributed by atoms with Crippen LogP contribution in [-0.4, -0.2) is 4.57 Å². The molecule has 0 spiro atoms. The van der Waals surface area contributed by atoms with Crippen LogP contribution in [0.2, 0.25) is 0 Å². The van der Waals surface area contributed by atoms with E-state index in [1.807, 2.05) is 0 Å². The highest BCUT2D eigenvalue weighted by atomic mass is 15.1. The van der Waals surface area contributed by atoms with Crippen molar-refractivity contribution in [3.05, 3.63) is 204 Å². The van der Waals surface area contributed by atoms with Crippen molar-refractivity contribution in [1.82, 2.24) is 4.57 Å². The molecule has 6 saturated carbocycles. The molecule has 344 valence electrons. The van der Waals surface area contributed by atoms with Crippen LogP contribution in [0, 0.1) is 29.6 Å². The summed E-state index contributed by atoms with van der Waals surface area (Å²) in [5, 5.41) is 2.58. The van der Waals surface area contributed by atoms with Gasteiger partial charge in [0.2, 0.25) is 0 Å². The molecule has 0 radical (unpaired) electrons. The molecule has 2 nitrogen and oxygen atoms in total. The molecule has 2 heteroatoms. The molecule has 3 atom stereocenters. The Morgan fingerprint density at radius 3 is 1.76 bits per heavy atom. The van der Waals surface area contributed by atoms with Crippen LogP contribution in [0.15, 0.2) is 182 Å². The van der Waals surface area contributed by atoms with Gasteiger partial charge in [0.1, 0.15) is 0 Å². The van der Waals surface area contributed by atoms with Crippen LogP contribution < -0.4 is 4.90 Å². The number of para-hydroxylation sites is 1. The van der Waals surface area contributed by atoms with Gasteiger partial charge in [-0.2, -0.15) is 0 Å². The predicted molar refractivity (Wildman–Crippen MR) is 292 cm³/mol. The fourth-order valence-electron chi connectivity index (χ4n) is 16.5. The van der Waals surface area contributed by atoms with E-state index in [1.54, 1.807) is 11.1 Å². The molecule has 3 unspecified atom stereocenters. The van der Waals surface area contributed by atoms with E-state index in [2.05, 4.69) is 205 Å². The van der Waals surface area contributed by atoms with Crippen LogP contribution in [0.4, 0.5) is 17.1 Å². The second-order valence-electron chi connectivity index (χ2n) is 23.5. The monoisotopic (exact) mass is 906 g/mol. The number of benzene rings is 8. The summed E-state index contributed by atoms with van der Waals surface area (Å²) in [5.74, 6) is 5.30. The van der Waals surface area contributed by atoms with Crippen molar-refractivity contribution in [2.24, 2.45) is 29.6 Å². The number of nitrogens with zero attached hydrogens (tertiary/aromatic N) is 2. The zero-order valence-corrected chi connectivity index (χ0v) is 40.8.